The van der Waals surface area contributed by atoms with Crippen molar-refractivity contribution >= 4 is 28.4 Å². The van der Waals surface area contributed by atoms with Gasteiger partial charge in [-0.3, -0.25) is 9.59 Å². The molecule has 0 spiro atoms. The molecule has 166 valence electrons. The Kier molecular flexibility index (Phi) is 5.87. The van der Waals surface area contributed by atoms with Gasteiger partial charge in [-0.05, 0) is 62.1 Å². The van der Waals surface area contributed by atoms with Gasteiger partial charge >= 0.3 is 5.97 Å². The van der Waals surface area contributed by atoms with Gasteiger partial charge in [-0.15, -0.1) is 0 Å². The zero-order chi connectivity index (χ0) is 23.0. The highest BCUT2D eigenvalue weighted by Gasteiger charge is 2.36. The Balaban J connectivity index is 1.62. The molecule has 6 heteroatoms. The summed E-state index contributed by atoms with van der Waals surface area (Å²) < 4.78 is 6.86. The van der Waals surface area contributed by atoms with E-state index >= 15 is 0 Å². The molecule has 0 unspecified atom stereocenters. The smallest absolute Gasteiger partial charge is 0.355 e. The fourth-order valence-corrected chi connectivity index (χ4v) is 4.35. The van der Waals surface area contributed by atoms with E-state index in [-0.39, 0.29) is 30.9 Å². The zero-order valence-corrected chi connectivity index (χ0v) is 19.0. The molecule has 1 fully saturated rings. The van der Waals surface area contributed by atoms with E-state index in [0.29, 0.717) is 28.1 Å². The average molecular weight is 433 g/mol. The minimum Gasteiger partial charge on any atom is -0.461 e. The number of rotatable bonds is 7. The second kappa shape index (κ2) is 8.61. The first-order valence-corrected chi connectivity index (χ1v) is 11.0. The molecule has 32 heavy (non-hydrogen) atoms. The van der Waals surface area contributed by atoms with Crippen LogP contribution < -0.4 is 0 Å². The second-order valence-electron chi connectivity index (χ2n) is 8.36. The van der Waals surface area contributed by atoms with Gasteiger partial charge in [0.2, 0.25) is 0 Å². The Morgan fingerprint density at radius 3 is 2.41 bits per heavy atom. The summed E-state index contributed by atoms with van der Waals surface area (Å²) in [7, 11) is 1.75. The minimum atomic E-state index is -0.444. The normalized spacial score (nSPS) is 13.2. The fraction of sp³-hybridized carbons (Fsp3) is 0.346. The molecule has 1 aliphatic carbocycles. The van der Waals surface area contributed by atoms with Crippen LogP contribution in [0.2, 0.25) is 0 Å². The van der Waals surface area contributed by atoms with E-state index in [1.807, 2.05) is 49.4 Å². The number of aromatic nitrogens is 1. The van der Waals surface area contributed by atoms with E-state index in [2.05, 4.69) is 0 Å². The van der Waals surface area contributed by atoms with Gasteiger partial charge in [-0.2, -0.15) is 0 Å². The molecule has 1 aromatic heterocycles. The van der Waals surface area contributed by atoms with Gasteiger partial charge in [0.25, 0.3) is 5.91 Å². The van der Waals surface area contributed by atoms with Crippen molar-refractivity contribution in [3.63, 3.8) is 0 Å². The van der Waals surface area contributed by atoms with Crippen LogP contribution in [-0.2, 0) is 11.8 Å². The van der Waals surface area contributed by atoms with E-state index in [9.17, 15) is 14.4 Å². The third-order valence-electron chi connectivity index (χ3n) is 6.24. The van der Waals surface area contributed by atoms with Crippen LogP contribution in [0.15, 0.2) is 42.5 Å². The number of Topliss-reactive ketones (excluding diaryl/α,β-unsaturated/α-hetero) is 1. The van der Waals surface area contributed by atoms with Crippen molar-refractivity contribution in [3.8, 4) is 0 Å². The molecular weight excluding hydrogens is 404 g/mol. The van der Waals surface area contributed by atoms with Gasteiger partial charge in [0.15, 0.2) is 5.78 Å². The predicted octanol–water partition coefficient (Wildman–Crippen LogP) is 4.46. The number of carbonyl (C=O) groups is 3. The van der Waals surface area contributed by atoms with Crippen molar-refractivity contribution in [1.29, 1.82) is 0 Å². The monoisotopic (exact) mass is 432 g/mol. The Bertz CT molecular complexity index is 1220. The van der Waals surface area contributed by atoms with Crippen molar-refractivity contribution in [2.24, 2.45) is 7.05 Å². The van der Waals surface area contributed by atoms with E-state index in [1.165, 1.54) is 0 Å². The highest BCUT2D eigenvalue weighted by atomic mass is 16.5. The number of ketones is 1. The molecule has 6 nitrogen and oxygen atoms in total. The Morgan fingerprint density at radius 2 is 1.75 bits per heavy atom. The van der Waals surface area contributed by atoms with E-state index in [4.69, 9.17) is 4.74 Å². The molecular formula is C26H28N2O4. The lowest BCUT2D eigenvalue weighted by atomic mass is 10.0. The summed E-state index contributed by atoms with van der Waals surface area (Å²) in [5.41, 5.74) is 2.75. The topological polar surface area (TPSA) is 68.6 Å². The first kappa shape index (κ1) is 21.8. The molecule has 0 N–H and O–H groups in total. The SMILES string of the molecule is CCOC(=O)c1c(C)c(C(=O)CN(C(=O)c2ccc3ccccc3c2)C2CC2)c(C)n1C. The van der Waals surface area contributed by atoms with Gasteiger partial charge in [0, 0.05) is 29.9 Å². The Morgan fingerprint density at radius 1 is 1.06 bits per heavy atom. The molecule has 1 heterocycles. The third-order valence-corrected chi connectivity index (χ3v) is 6.24. The van der Waals surface area contributed by atoms with Crippen LogP contribution >= 0.6 is 0 Å². The molecule has 1 saturated carbocycles. The molecule has 1 aliphatic rings. The number of esters is 1. The summed E-state index contributed by atoms with van der Waals surface area (Å²) in [6, 6.07) is 13.6. The van der Waals surface area contributed by atoms with Gasteiger partial charge in [-0.1, -0.05) is 30.3 Å². The maximum atomic E-state index is 13.4. The van der Waals surface area contributed by atoms with Crippen LogP contribution in [0.5, 0.6) is 0 Å². The lowest BCUT2D eigenvalue weighted by Crippen LogP contribution is -2.37. The number of hydrogen-bond acceptors (Lipinski definition) is 4. The van der Waals surface area contributed by atoms with Crippen molar-refractivity contribution < 1.29 is 19.1 Å². The number of benzene rings is 2. The minimum absolute atomic E-state index is 0.00964. The van der Waals surface area contributed by atoms with Crippen LogP contribution in [0.25, 0.3) is 10.8 Å². The van der Waals surface area contributed by atoms with Crippen molar-refractivity contribution in [2.75, 3.05) is 13.2 Å². The summed E-state index contributed by atoms with van der Waals surface area (Å²) >= 11 is 0. The highest BCUT2D eigenvalue weighted by Crippen LogP contribution is 2.30. The molecule has 3 aromatic rings. The van der Waals surface area contributed by atoms with Gasteiger partial charge in [-0.25, -0.2) is 4.79 Å². The molecule has 1 amide bonds. The van der Waals surface area contributed by atoms with Gasteiger partial charge in [0.1, 0.15) is 5.69 Å². The van der Waals surface area contributed by atoms with Crippen LogP contribution in [0.3, 0.4) is 0 Å². The molecule has 2 aromatic carbocycles. The Hall–Kier alpha value is -3.41. The summed E-state index contributed by atoms with van der Waals surface area (Å²) in [4.78, 5) is 40.8. The quantitative estimate of drug-likeness (QED) is 0.408. The van der Waals surface area contributed by atoms with Crippen LogP contribution in [0.1, 0.15) is 62.2 Å². The number of ether oxygens (including phenoxy) is 1. The summed E-state index contributed by atoms with van der Waals surface area (Å²) in [6.07, 6.45) is 1.79. The first-order valence-electron chi connectivity index (χ1n) is 11.0. The Labute approximate surface area is 187 Å². The standard InChI is InChI=1S/C26H28N2O4/c1-5-32-26(31)24-16(2)23(17(3)27(24)4)22(29)15-28(21-12-13-21)25(30)20-11-10-18-8-6-7-9-19(18)14-20/h6-11,14,21H,5,12-13,15H2,1-4H3. The largest absolute Gasteiger partial charge is 0.461 e. The molecule has 4 rings (SSSR count). The van der Waals surface area contributed by atoms with Crippen molar-refractivity contribution in [2.45, 2.75) is 39.7 Å². The van der Waals surface area contributed by atoms with Crippen molar-refractivity contribution in [1.82, 2.24) is 9.47 Å². The van der Waals surface area contributed by atoms with E-state index in [0.717, 1.165) is 23.6 Å². The molecule has 0 saturated heterocycles. The number of hydrogen-bond donors (Lipinski definition) is 0. The second-order valence-corrected chi connectivity index (χ2v) is 8.36. The average Bonchev–Trinajstić information content (AvgIpc) is 3.59. The summed E-state index contributed by atoms with van der Waals surface area (Å²) in [5, 5.41) is 2.06. The molecule has 0 atom stereocenters. The number of nitrogens with zero attached hydrogens (tertiary/aromatic N) is 2. The van der Waals surface area contributed by atoms with Crippen LogP contribution in [0, 0.1) is 13.8 Å². The maximum Gasteiger partial charge on any atom is 0.355 e. The molecule has 0 radical (unpaired) electrons. The van der Waals surface area contributed by atoms with Crippen molar-refractivity contribution in [3.05, 3.63) is 70.5 Å². The predicted molar refractivity (Wildman–Crippen MR) is 123 cm³/mol. The molecule has 0 bridgehead atoms. The molecule has 0 aliphatic heterocycles. The van der Waals surface area contributed by atoms with Crippen LogP contribution in [0.4, 0.5) is 0 Å². The van der Waals surface area contributed by atoms with Crippen LogP contribution in [-0.4, -0.2) is 46.3 Å². The summed E-state index contributed by atoms with van der Waals surface area (Å²) in [5.74, 6) is -0.739. The summed E-state index contributed by atoms with van der Waals surface area (Å²) in [6.45, 7) is 5.58. The number of fused-ring (bicyclic) bond motifs is 1. The van der Waals surface area contributed by atoms with E-state index < -0.39 is 5.97 Å². The van der Waals surface area contributed by atoms with Gasteiger partial charge in [0.05, 0.1) is 13.2 Å². The lowest BCUT2D eigenvalue weighted by Gasteiger charge is -2.22. The highest BCUT2D eigenvalue weighted by molar-refractivity contribution is 6.06. The van der Waals surface area contributed by atoms with E-state index in [1.54, 1.807) is 30.4 Å². The van der Waals surface area contributed by atoms with Gasteiger partial charge < -0.3 is 14.2 Å². The third kappa shape index (κ3) is 3.93. The lowest BCUT2D eigenvalue weighted by molar-refractivity contribution is 0.0514. The fourth-order valence-electron chi connectivity index (χ4n) is 4.35. The number of amides is 1. The first-order chi connectivity index (χ1) is 15.3. The number of carbonyl (C=O) groups excluding carboxylic acids is 3. The maximum absolute atomic E-state index is 13.4. The zero-order valence-electron chi connectivity index (χ0n) is 19.0.